The molecule has 0 saturated carbocycles. The Bertz CT molecular complexity index is 573. The molecule has 0 aromatic carbocycles. The van der Waals surface area contributed by atoms with Gasteiger partial charge in [-0.05, 0) is 0 Å². The molecule has 0 spiro atoms. The summed E-state index contributed by atoms with van der Waals surface area (Å²) in [6, 6.07) is -2.11. The van der Waals surface area contributed by atoms with Crippen LogP contribution in [-0.4, -0.2) is 92.9 Å². The number of β-amino-alcohol motifs (C(OH)–C–C–N with tert-alkyl or cyclic N) is 1. The van der Waals surface area contributed by atoms with Crippen LogP contribution in [0.2, 0.25) is 0 Å². The molecule has 0 radical (unpaired) electrons. The maximum absolute atomic E-state index is 12.4. The van der Waals surface area contributed by atoms with Crippen molar-refractivity contribution >= 4 is 47.0 Å². The number of ether oxygens (including phenoxy) is 1. The molecule has 11 heteroatoms. The lowest BCUT2D eigenvalue weighted by Crippen LogP contribution is -2.43. The molecule has 2 saturated heterocycles. The third kappa shape index (κ3) is 4.34. The number of alkyl halides is 2. The lowest BCUT2D eigenvalue weighted by molar-refractivity contribution is -0.157. The number of aliphatic hydroxyl groups is 1. The van der Waals surface area contributed by atoms with Gasteiger partial charge in [0, 0.05) is 19.4 Å². The summed E-state index contributed by atoms with van der Waals surface area (Å²) < 4.78 is 5.29. The number of carboxylic acids is 1. The summed E-state index contributed by atoms with van der Waals surface area (Å²) in [7, 11) is 0. The van der Waals surface area contributed by atoms with Gasteiger partial charge in [0.2, 0.25) is 11.8 Å². The second-order valence-corrected chi connectivity index (χ2v) is 6.45. The highest BCUT2D eigenvalue weighted by Crippen LogP contribution is 2.25. The van der Waals surface area contributed by atoms with Gasteiger partial charge in [-0.3, -0.25) is 9.59 Å². The smallest absolute Gasteiger partial charge is 0.329 e. The number of carbonyl (C=O) groups is 4. The summed E-state index contributed by atoms with van der Waals surface area (Å²) in [5.74, 6) is -3.76. The predicted molar refractivity (Wildman–Crippen MR) is 85.2 cm³/mol. The fraction of sp³-hybridized carbons (Fsp3) is 0.714. The first kappa shape index (κ1) is 19.7. The lowest BCUT2D eigenvalue weighted by atomic mass is 10.2. The van der Waals surface area contributed by atoms with E-state index < -0.39 is 48.0 Å². The molecule has 4 atom stereocenters. The van der Waals surface area contributed by atoms with Crippen molar-refractivity contribution in [3.05, 3.63) is 0 Å². The van der Waals surface area contributed by atoms with Gasteiger partial charge in [0.25, 0.3) is 0 Å². The molecule has 9 nitrogen and oxygen atoms in total. The van der Waals surface area contributed by atoms with Gasteiger partial charge in [-0.15, -0.1) is 23.2 Å². The Morgan fingerprint density at radius 1 is 0.960 bits per heavy atom. The number of amides is 2. The molecular formula is C14H18Cl2N2O7. The van der Waals surface area contributed by atoms with Gasteiger partial charge >= 0.3 is 11.9 Å². The number of rotatable bonds is 5. The average molecular weight is 397 g/mol. The van der Waals surface area contributed by atoms with Crippen molar-refractivity contribution in [3.8, 4) is 0 Å². The van der Waals surface area contributed by atoms with E-state index in [0.29, 0.717) is 0 Å². The number of aliphatic hydroxyl groups excluding tert-OH is 1. The van der Waals surface area contributed by atoms with E-state index in [0.717, 1.165) is 9.80 Å². The minimum absolute atomic E-state index is 0.0147. The molecule has 0 aromatic rings. The summed E-state index contributed by atoms with van der Waals surface area (Å²) >= 11 is 11.0. The van der Waals surface area contributed by atoms with Crippen LogP contribution in [0.25, 0.3) is 0 Å². The van der Waals surface area contributed by atoms with E-state index in [1.807, 2.05) is 0 Å². The van der Waals surface area contributed by atoms with Gasteiger partial charge in [0.15, 0.2) is 0 Å². The molecule has 2 heterocycles. The summed E-state index contributed by atoms with van der Waals surface area (Å²) in [5, 5.41) is 18.9. The monoisotopic (exact) mass is 396 g/mol. The largest absolute Gasteiger partial charge is 0.480 e. The number of aliphatic carboxylic acids is 1. The van der Waals surface area contributed by atoms with Crippen molar-refractivity contribution in [2.45, 2.75) is 37.1 Å². The Morgan fingerprint density at radius 2 is 1.52 bits per heavy atom. The number of hydrogen-bond donors (Lipinski definition) is 2. The number of nitrogens with zero attached hydrogens (tertiary/aromatic N) is 2. The molecule has 2 fully saturated rings. The van der Waals surface area contributed by atoms with Crippen LogP contribution in [0.1, 0.15) is 12.8 Å². The van der Waals surface area contributed by atoms with Crippen molar-refractivity contribution in [1.82, 2.24) is 9.80 Å². The molecule has 0 unspecified atom stereocenters. The molecule has 2 aliphatic heterocycles. The molecule has 2 amide bonds. The number of halogens is 2. The zero-order valence-corrected chi connectivity index (χ0v) is 14.6. The minimum atomic E-state index is -1.22. The summed E-state index contributed by atoms with van der Waals surface area (Å²) in [6.45, 7) is -0.114. The van der Waals surface area contributed by atoms with Gasteiger partial charge in [-0.1, -0.05) is 0 Å². The van der Waals surface area contributed by atoms with E-state index in [2.05, 4.69) is 0 Å². The van der Waals surface area contributed by atoms with Crippen LogP contribution in [0.5, 0.6) is 0 Å². The van der Waals surface area contributed by atoms with E-state index in [4.69, 9.17) is 27.9 Å². The van der Waals surface area contributed by atoms with Crippen LogP contribution in [0, 0.1) is 0 Å². The fourth-order valence-corrected chi connectivity index (χ4v) is 3.41. The van der Waals surface area contributed by atoms with Crippen molar-refractivity contribution in [2.75, 3.05) is 24.8 Å². The zero-order valence-electron chi connectivity index (χ0n) is 13.1. The van der Waals surface area contributed by atoms with Crippen molar-refractivity contribution in [3.63, 3.8) is 0 Å². The second-order valence-electron chi connectivity index (χ2n) is 5.91. The molecular weight excluding hydrogens is 379 g/mol. The van der Waals surface area contributed by atoms with E-state index >= 15 is 0 Å². The first-order chi connectivity index (χ1) is 11.8. The molecule has 0 bridgehead atoms. The molecule has 25 heavy (non-hydrogen) atoms. The number of likely N-dealkylation sites (tertiary alicyclic amines) is 2. The van der Waals surface area contributed by atoms with Gasteiger partial charge in [0.05, 0.1) is 12.6 Å². The van der Waals surface area contributed by atoms with E-state index in [-0.39, 0.29) is 37.7 Å². The maximum atomic E-state index is 12.4. The highest BCUT2D eigenvalue weighted by molar-refractivity contribution is 6.27. The third-order valence-electron chi connectivity index (χ3n) is 4.25. The number of hydrogen-bond acceptors (Lipinski definition) is 6. The molecule has 2 N–H and O–H groups in total. The molecule has 0 aromatic heterocycles. The van der Waals surface area contributed by atoms with E-state index in [9.17, 15) is 29.4 Å². The standard InChI is InChI=1S/C14H18Cl2N2O7/c15-3-11(20)17-5-7(19)1-10(17)14(24)25-8-2-9(13(22)23)18(6-8)12(21)4-16/h7-10,19H,1-6H2,(H,22,23)/t7-,8-,9+,10+/m0/s1. The van der Waals surface area contributed by atoms with Crippen LogP contribution >= 0.6 is 23.2 Å². The Hall–Kier alpha value is -1.58. The summed E-state index contributed by atoms with van der Waals surface area (Å²) in [6.07, 6.45) is -1.75. The van der Waals surface area contributed by atoms with Crippen LogP contribution in [0.3, 0.4) is 0 Å². The highest BCUT2D eigenvalue weighted by atomic mass is 35.5. The Morgan fingerprint density at radius 3 is 2.04 bits per heavy atom. The topological polar surface area (TPSA) is 124 Å². The second kappa shape index (κ2) is 8.20. The molecule has 2 aliphatic rings. The maximum Gasteiger partial charge on any atom is 0.329 e. The Kier molecular flexibility index (Phi) is 6.47. The van der Waals surface area contributed by atoms with Crippen molar-refractivity contribution in [1.29, 1.82) is 0 Å². The minimum Gasteiger partial charge on any atom is -0.480 e. The van der Waals surface area contributed by atoms with Gasteiger partial charge < -0.3 is 24.7 Å². The highest BCUT2D eigenvalue weighted by Gasteiger charge is 2.44. The Balaban J connectivity index is 2.04. The summed E-state index contributed by atoms with van der Waals surface area (Å²) in [4.78, 5) is 49.3. The molecule has 0 aliphatic carbocycles. The molecule has 2 rings (SSSR count). The Labute approximate surface area is 153 Å². The number of carboxylic acid groups (broad SMARTS) is 1. The van der Waals surface area contributed by atoms with Gasteiger partial charge in [-0.2, -0.15) is 0 Å². The number of esters is 1. The SMILES string of the molecule is O=C(O)[C@H]1C[C@H](OC(=O)[C@H]2C[C@H](O)CN2C(=O)CCl)CN1C(=O)CCl. The first-order valence-corrected chi connectivity index (χ1v) is 8.67. The lowest BCUT2D eigenvalue weighted by Gasteiger charge is -2.23. The van der Waals surface area contributed by atoms with E-state index in [1.165, 1.54) is 0 Å². The average Bonchev–Trinajstić information content (AvgIpc) is 3.17. The van der Waals surface area contributed by atoms with Gasteiger partial charge in [0.1, 0.15) is 29.9 Å². The van der Waals surface area contributed by atoms with Crippen LogP contribution in [0.4, 0.5) is 0 Å². The zero-order chi connectivity index (χ0) is 18.7. The van der Waals surface area contributed by atoms with Crippen LogP contribution in [0.15, 0.2) is 0 Å². The van der Waals surface area contributed by atoms with Crippen LogP contribution < -0.4 is 0 Å². The fourth-order valence-electron chi connectivity index (χ4n) is 3.10. The predicted octanol–water partition coefficient (Wildman–Crippen LogP) is -0.977. The molecule has 140 valence electrons. The van der Waals surface area contributed by atoms with Gasteiger partial charge in [-0.25, -0.2) is 9.59 Å². The quantitative estimate of drug-likeness (QED) is 0.452. The first-order valence-electron chi connectivity index (χ1n) is 7.60. The van der Waals surface area contributed by atoms with Crippen LogP contribution in [-0.2, 0) is 23.9 Å². The summed E-state index contributed by atoms with van der Waals surface area (Å²) in [5.41, 5.74) is 0. The van der Waals surface area contributed by atoms with Crippen molar-refractivity contribution < 1.29 is 34.1 Å². The third-order valence-corrected chi connectivity index (χ3v) is 4.71. The normalized spacial score (nSPS) is 28.9. The number of carbonyl (C=O) groups excluding carboxylic acids is 3. The van der Waals surface area contributed by atoms with E-state index in [1.54, 1.807) is 0 Å². The van der Waals surface area contributed by atoms with Crippen molar-refractivity contribution in [2.24, 2.45) is 0 Å².